The topological polar surface area (TPSA) is 82.9 Å². The third-order valence-electron chi connectivity index (χ3n) is 2.66. The van der Waals surface area contributed by atoms with Gasteiger partial charge in [-0.25, -0.2) is 9.78 Å². The van der Waals surface area contributed by atoms with Crippen LogP contribution in [0.4, 0.5) is 0 Å². The van der Waals surface area contributed by atoms with Crippen molar-refractivity contribution in [2.75, 3.05) is 26.4 Å². The Labute approximate surface area is 102 Å². The number of hydrogen-bond acceptors (Lipinski definition) is 6. The van der Waals surface area contributed by atoms with Gasteiger partial charge in [-0.05, 0) is 0 Å². The molecule has 1 saturated heterocycles. The summed E-state index contributed by atoms with van der Waals surface area (Å²) in [5.74, 6) is -0.998. The summed E-state index contributed by atoms with van der Waals surface area (Å²) < 4.78 is 5.27. The summed E-state index contributed by atoms with van der Waals surface area (Å²) in [5.41, 5.74) is 0.729. The van der Waals surface area contributed by atoms with Gasteiger partial charge < -0.3 is 14.9 Å². The molecule has 6 nitrogen and oxygen atoms in total. The number of nitrogens with zero attached hydrogens (tertiary/aromatic N) is 2. The summed E-state index contributed by atoms with van der Waals surface area (Å²) in [4.78, 5) is 16.8. The lowest BCUT2D eigenvalue weighted by Crippen LogP contribution is -2.46. The predicted octanol–water partition coefficient (Wildman–Crippen LogP) is 0.0344. The van der Waals surface area contributed by atoms with Crippen molar-refractivity contribution in [3.8, 4) is 0 Å². The maximum Gasteiger partial charge on any atom is 0.365 e. The molecule has 1 fully saturated rings. The van der Waals surface area contributed by atoms with E-state index in [9.17, 15) is 9.90 Å². The van der Waals surface area contributed by atoms with Gasteiger partial charge in [0.25, 0.3) is 0 Å². The number of aliphatic hydroxyl groups is 1. The van der Waals surface area contributed by atoms with E-state index in [1.54, 1.807) is 5.38 Å². The van der Waals surface area contributed by atoms with E-state index in [4.69, 9.17) is 9.84 Å². The molecule has 0 bridgehead atoms. The highest BCUT2D eigenvalue weighted by Gasteiger charge is 2.23. The molecule has 0 amide bonds. The van der Waals surface area contributed by atoms with Crippen molar-refractivity contribution in [3.05, 3.63) is 16.1 Å². The minimum Gasteiger partial charge on any atom is -0.476 e. The fourth-order valence-electron chi connectivity index (χ4n) is 1.75. The highest BCUT2D eigenvalue weighted by atomic mass is 32.1. The maximum absolute atomic E-state index is 10.7. The fraction of sp³-hybridized carbons (Fsp3) is 0.600. The number of carbonyl (C=O) groups is 1. The largest absolute Gasteiger partial charge is 0.476 e. The number of carboxylic acids is 1. The zero-order chi connectivity index (χ0) is 12.3. The van der Waals surface area contributed by atoms with Crippen LogP contribution < -0.4 is 0 Å². The Balaban J connectivity index is 2.00. The van der Waals surface area contributed by atoms with Gasteiger partial charge in [0.1, 0.15) is 0 Å². The average molecular weight is 258 g/mol. The molecule has 0 aromatic carbocycles. The molecule has 17 heavy (non-hydrogen) atoms. The number of rotatable bonds is 4. The summed E-state index contributed by atoms with van der Waals surface area (Å²) in [7, 11) is 0. The van der Waals surface area contributed by atoms with Gasteiger partial charge in [-0.15, -0.1) is 11.3 Å². The molecule has 0 spiro atoms. The van der Waals surface area contributed by atoms with Crippen LogP contribution in [0.3, 0.4) is 0 Å². The van der Waals surface area contributed by atoms with Crippen LogP contribution in [0.25, 0.3) is 0 Å². The van der Waals surface area contributed by atoms with Crippen LogP contribution in [-0.2, 0) is 11.3 Å². The molecule has 1 aliphatic rings. The van der Waals surface area contributed by atoms with Crippen LogP contribution in [0.1, 0.15) is 15.5 Å². The zero-order valence-corrected chi connectivity index (χ0v) is 10.0. The summed E-state index contributed by atoms with van der Waals surface area (Å²) in [6.07, 6.45) is 0. The van der Waals surface area contributed by atoms with Crippen molar-refractivity contribution >= 4 is 17.3 Å². The van der Waals surface area contributed by atoms with E-state index in [0.29, 0.717) is 19.8 Å². The van der Waals surface area contributed by atoms with Crippen LogP contribution >= 0.6 is 11.3 Å². The van der Waals surface area contributed by atoms with Gasteiger partial charge in [-0.2, -0.15) is 0 Å². The molecule has 94 valence electrons. The molecule has 7 heteroatoms. The molecule has 0 saturated carbocycles. The number of morpholine rings is 1. The number of aromatic nitrogens is 1. The number of ether oxygens (including phenoxy) is 1. The number of hydrogen-bond donors (Lipinski definition) is 2. The van der Waals surface area contributed by atoms with Gasteiger partial charge in [0.2, 0.25) is 5.01 Å². The van der Waals surface area contributed by atoms with Gasteiger partial charge in [0, 0.05) is 18.5 Å². The normalized spacial score (nSPS) is 21.6. The lowest BCUT2D eigenvalue weighted by atomic mass is 10.2. The van der Waals surface area contributed by atoms with Crippen LogP contribution in [0.5, 0.6) is 0 Å². The van der Waals surface area contributed by atoms with E-state index in [1.807, 2.05) is 0 Å². The monoisotopic (exact) mass is 258 g/mol. The van der Waals surface area contributed by atoms with E-state index in [-0.39, 0.29) is 17.7 Å². The Hall–Kier alpha value is -1.02. The molecular weight excluding hydrogens is 244 g/mol. The molecule has 1 atom stereocenters. The SMILES string of the molecule is O=C(O)c1nc(CN2CCOCC2CO)cs1. The molecule has 0 aliphatic carbocycles. The van der Waals surface area contributed by atoms with Crippen molar-refractivity contribution in [1.29, 1.82) is 0 Å². The standard InChI is InChI=1S/C10H14N2O4S/c13-4-8-5-16-2-1-12(8)3-7-6-17-9(11-7)10(14)15/h6,8,13H,1-5H2,(H,14,15). The van der Waals surface area contributed by atoms with Crippen LogP contribution in [0, 0.1) is 0 Å². The first-order valence-corrected chi connectivity index (χ1v) is 6.19. The maximum atomic E-state index is 10.7. The molecule has 1 aromatic heterocycles. The molecule has 1 unspecified atom stereocenters. The Bertz CT molecular complexity index is 395. The molecule has 2 rings (SSSR count). The van der Waals surface area contributed by atoms with Gasteiger partial charge in [0.15, 0.2) is 0 Å². The average Bonchev–Trinajstić information content (AvgIpc) is 2.78. The summed E-state index contributed by atoms with van der Waals surface area (Å²) >= 11 is 1.12. The second-order valence-corrected chi connectivity index (χ2v) is 4.69. The van der Waals surface area contributed by atoms with Gasteiger partial charge in [-0.1, -0.05) is 0 Å². The third kappa shape index (κ3) is 3.01. The highest BCUT2D eigenvalue weighted by molar-refractivity contribution is 7.11. The van der Waals surface area contributed by atoms with Crippen molar-refractivity contribution in [1.82, 2.24) is 9.88 Å². The number of aromatic carboxylic acids is 1. The lowest BCUT2D eigenvalue weighted by Gasteiger charge is -2.33. The van der Waals surface area contributed by atoms with Gasteiger partial charge in [0.05, 0.1) is 31.6 Å². The zero-order valence-electron chi connectivity index (χ0n) is 9.20. The molecular formula is C10H14N2O4S. The van der Waals surface area contributed by atoms with E-state index in [2.05, 4.69) is 9.88 Å². The summed E-state index contributed by atoms with van der Waals surface area (Å²) in [5, 5.41) is 19.8. The smallest absolute Gasteiger partial charge is 0.365 e. The molecule has 2 N–H and O–H groups in total. The fourth-order valence-corrected chi connectivity index (χ4v) is 2.40. The number of aliphatic hydroxyl groups excluding tert-OH is 1. The quantitative estimate of drug-likeness (QED) is 0.793. The Morgan fingerprint density at radius 2 is 2.53 bits per heavy atom. The second kappa shape index (κ2) is 5.54. The summed E-state index contributed by atoms with van der Waals surface area (Å²) in [6.45, 7) is 2.46. The highest BCUT2D eigenvalue weighted by Crippen LogP contribution is 2.15. The molecule has 2 heterocycles. The summed E-state index contributed by atoms with van der Waals surface area (Å²) in [6, 6.07) is -0.0290. The minimum atomic E-state index is -0.998. The predicted molar refractivity (Wildman–Crippen MR) is 61.2 cm³/mol. The lowest BCUT2D eigenvalue weighted by molar-refractivity contribution is -0.0317. The van der Waals surface area contributed by atoms with E-state index >= 15 is 0 Å². The van der Waals surface area contributed by atoms with E-state index < -0.39 is 5.97 Å². The number of thiazole rings is 1. The number of carboxylic acid groups (broad SMARTS) is 1. The van der Waals surface area contributed by atoms with Crippen LogP contribution in [-0.4, -0.2) is 58.5 Å². The van der Waals surface area contributed by atoms with E-state index in [1.165, 1.54) is 0 Å². The van der Waals surface area contributed by atoms with Crippen molar-refractivity contribution < 1.29 is 19.7 Å². The first-order chi connectivity index (χ1) is 8.20. The molecule has 0 radical (unpaired) electrons. The first kappa shape index (κ1) is 12.4. The third-order valence-corrected chi connectivity index (χ3v) is 3.54. The minimum absolute atomic E-state index is 0.0290. The van der Waals surface area contributed by atoms with E-state index in [0.717, 1.165) is 23.6 Å². The van der Waals surface area contributed by atoms with Crippen molar-refractivity contribution in [2.24, 2.45) is 0 Å². The van der Waals surface area contributed by atoms with Crippen molar-refractivity contribution in [2.45, 2.75) is 12.6 Å². The Morgan fingerprint density at radius 3 is 3.18 bits per heavy atom. The molecule has 1 aliphatic heterocycles. The van der Waals surface area contributed by atoms with Gasteiger partial charge in [-0.3, -0.25) is 4.90 Å². The van der Waals surface area contributed by atoms with Gasteiger partial charge >= 0.3 is 5.97 Å². The Morgan fingerprint density at radius 1 is 1.71 bits per heavy atom. The Kier molecular flexibility index (Phi) is 4.06. The van der Waals surface area contributed by atoms with Crippen LogP contribution in [0.15, 0.2) is 5.38 Å². The van der Waals surface area contributed by atoms with Crippen LogP contribution in [0.2, 0.25) is 0 Å². The molecule has 1 aromatic rings. The van der Waals surface area contributed by atoms with Crippen molar-refractivity contribution in [3.63, 3.8) is 0 Å². The first-order valence-electron chi connectivity index (χ1n) is 5.31. The second-order valence-electron chi connectivity index (χ2n) is 3.83.